The number of ether oxygens (including phenoxy) is 1. The summed E-state index contributed by atoms with van der Waals surface area (Å²) in [6, 6.07) is 5.52. The van der Waals surface area contributed by atoms with Crippen LogP contribution in [0, 0.1) is 3.57 Å². The Labute approximate surface area is 129 Å². The number of hydrogen-bond donors (Lipinski definition) is 2. The molecule has 3 N–H and O–H groups in total. The van der Waals surface area contributed by atoms with E-state index in [1.165, 1.54) is 6.33 Å². The summed E-state index contributed by atoms with van der Waals surface area (Å²) in [7, 11) is 0. The van der Waals surface area contributed by atoms with E-state index in [1.54, 1.807) is 6.07 Å². The molecule has 0 amide bonds. The molecular weight excluding hydrogens is 379 g/mol. The lowest BCUT2D eigenvalue weighted by molar-refractivity contribution is 0.328. The Bertz CT molecular complexity index is 594. The molecular formula is C12H12ClIN4O. The summed E-state index contributed by atoms with van der Waals surface area (Å²) in [5, 5.41) is 3.83. The minimum absolute atomic E-state index is 0.379. The zero-order valence-electron chi connectivity index (χ0n) is 10.2. The molecule has 2 aromatic rings. The first-order chi connectivity index (χ1) is 9.11. The SMILES string of the molecule is CCOc1ncnc(Nc2ccc(Cl)cc2I)c1N. The molecule has 0 aliphatic carbocycles. The standard InChI is InChI=1S/C12H12ClIN4O/c1-2-19-12-10(15)11(16-6-17-12)18-9-4-3-7(13)5-8(9)14/h3-6H,2,15H2,1H3,(H,16,17,18). The fourth-order valence-electron chi connectivity index (χ4n) is 1.45. The van der Waals surface area contributed by atoms with E-state index in [0.717, 1.165) is 9.26 Å². The van der Waals surface area contributed by atoms with Gasteiger partial charge in [0.2, 0.25) is 5.88 Å². The van der Waals surface area contributed by atoms with Gasteiger partial charge in [0.1, 0.15) is 12.0 Å². The van der Waals surface area contributed by atoms with Gasteiger partial charge >= 0.3 is 0 Å². The first-order valence-corrected chi connectivity index (χ1v) is 7.02. The Hall–Kier alpha value is -1.28. The number of aromatic nitrogens is 2. The fraction of sp³-hybridized carbons (Fsp3) is 0.167. The van der Waals surface area contributed by atoms with E-state index in [9.17, 15) is 0 Å². The molecule has 0 radical (unpaired) electrons. The van der Waals surface area contributed by atoms with Gasteiger partial charge in [0, 0.05) is 8.59 Å². The third-order valence-corrected chi connectivity index (χ3v) is 3.44. The van der Waals surface area contributed by atoms with Crippen LogP contribution in [-0.2, 0) is 0 Å². The normalized spacial score (nSPS) is 10.3. The molecule has 1 heterocycles. The van der Waals surface area contributed by atoms with Crippen molar-refractivity contribution in [2.45, 2.75) is 6.92 Å². The predicted octanol–water partition coefficient (Wildman–Crippen LogP) is 3.46. The van der Waals surface area contributed by atoms with Gasteiger partial charge in [-0.05, 0) is 47.7 Å². The van der Waals surface area contributed by atoms with E-state index in [4.69, 9.17) is 22.1 Å². The van der Waals surface area contributed by atoms with Crippen molar-refractivity contribution in [1.82, 2.24) is 9.97 Å². The highest BCUT2D eigenvalue weighted by atomic mass is 127. The van der Waals surface area contributed by atoms with E-state index >= 15 is 0 Å². The van der Waals surface area contributed by atoms with Crippen molar-refractivity contribution in [3.63, 3.8) is 0 Å². The van der Waals surface area contributed by atoms with Crippen LogP contribution in [0.15, 0.2) is 24.5 Å². The average Bonchev–Trinajstić information content (AvgIpc) is 2.37. The summed E-state index contributed by atoms with van der Waals surface area (Å²) in [5.41, 5.74) is 7.21. The maximum atomic E-state index is 5.96. The second-order valence-corrected chi connectivity index (χ2v) is 5.22. The maximum Gasteiger partial charge on any atom is 0.242 e. The molecule has 2 rings (SSSR count). The van der Waals surface area contributed by atoms with Gasteiger partial charge in [-0.2, -0.15) is 4.98 Å². The second-order valence-electron chi connectivity index (χ2n) is 3.62. The molecule has 0 bridgehead atoms. The average molecular weight is 391 g/mol. The molecule has 0 saturated carbocycles. The minimum atomic E-state index is 0.379. The monoisotopic (exact) mass is 390 g/mol. The first-order valence-electron chi connectivity index (χ1n) is 5.57. The fourth-order valence-corrected chi connectivity index (χ4v) is 2.46. The van der Waals surface area contributed by atoms with Crippen molar-refractivity contribution < 1.29 is 4.74 Å². The number of nitrogens with two attached hydrogens (primary N) is 1. The van der Waals surface area contributed by atoms with Crippen molar-refractivity contribution in [1.29, 1.82) is 0 Å². The van der Waals surface area contributed by atoms with Crippen molar-refractivity contribution in [2.75, 3.05) is 17.7 Å². The summed E-state index contributed by atoms with van der Waals surface area (Å²) >= 11 is 8.10. The third-order valence-electron chi connectivity index (χ3n) is 2.31. The highest BCUT2D eigenvalue weighted by molar-refractivity contribution is 14.1. The molecule has 0 atom stereocenters. The summed E-state index contributed by atoms with van der Waals surface area (Å²) in [6.07, 6.45) is 1.41. The molecule has 1 aromatic carbocycles. The quantitative estimate of drug-likeness (QED) is 0.782. The number of nitrogens with zero attached hydrogens (tertiary/aromatic N) is 2. The number of nitrogen functional groups attached to an aromatic ring is 1. The lowest BCUT2D eigenvalue weighted by Gasteiger charge is -2.12. The van der Waals surface area contributed by atoms with Crippen LogP contribution >= 0.6 is 34.2 Å². The Balaban J connectivity index is 2.30. The first kappa shape index (κ1) is 14.1. The number of halogens is 2. The number of benzene rings is 1. The maximum absolute atomic E-state index is 5.96. The van der Waals surface area contributed by atoms with Gasteiger partial charge in [-0.25, -0.2) is 4.98 Å². The van der Waals surface area contributed by atoms with E-state index in [1.807, 2.05) is 19.1 Å². The largest absolute Gasteiger partial charge is 0.476 e. The number of rotatable bonds is 4. The van der Waals surface area contributed by atoms with Crippen molar-refractivity contribution in [3.8, 4) is 5.88 Å². The smallest absolute Gasteiger partial charge is 0.242 e. The predicted molar refractivity (Wildman–Crippen MR) is 85.1 cm³/mol. The van der Waals surface area contributed by atoms with Crippen LogP contribution in [0.3, 0.4) is 0 Å². The Morgan fingerprint density at radius 2 is 2.21 bits per heavy atom. The van der Waals surface area contributed by atoms with E-state index in [0.29, 0.717) is 29.0 Å². The molecule has 5 nitrogen and oxygen atoms in total. The van der Waals surface area contributed by atoms with Crippen LogP contribution in [0.5, 0.6) is 5.88 Å². The van der Waals surface area contributed by atoms with E-state index in [-0.39, 0.29) is 0 Å². The lowest BCUT2D eigenvalue weighted by Crippen LogP contribution is -2.05. The van der Waals surface area contributed by atoms with Gasteiger partial charge in [0.05, 0.1) is 12.3 Å². The van der Waals surface area contributed by atoms with Crippen LogP contribution in [0.4, 0.5) is 17.2 Å². The minimum Gasteiger partial charge on any atom is -0.476 e. The van der Waals surface area contributed by atoms with Crippen LogP contribution in [0.1, 0.15) is 6.92 Å². The topological polar surface area (TPSA) is 73.1 Å². The zero-order valence-corrected chi connectivity index (χ0v) is 13.1. The Morgan fingerprint density at radius 1 is 1.42 bits per heavy atom. The lowest BCUT2D eigenvalue weighted by atomic mass is 10.3. The molecule has 0 saturated heterocycles. The molecule has 100 valence electrons. The number of nitrogens with one attached hydrogen (secondary N) is 1. The second kappa shape index (κ2) is 6.25. The Morgan fingerprint density at radius 3 is 2.89 bits per heavy atom. The molecule has 7 heteroatoms. The zero-order chi connectivity index (χ0) is 13.8. The van der Waals surface area contributed by atoms with Crippen molar-refractivity contribution in [2.24, 2.45) is 0 Å². The van der Waals surface area contributed by atoms with Crippen LogP contribution in [0.2, 0.25) is 5.02 Å². The molecule has 1 aromatic heterocycles. The van der Waals surface area contributed by atoms with Crippen LogP contribution < -0.4 is 15.8 Å². The summed E-state index contributed by atoms with van der Waals surface area (Å²) < 4.78 is 6.30. The summed E-state index contributed by atoms with van der Waals surface area (Å²) in [4.78, 5) is 8.10. The highest BCUT2D eigenvalue weighted by Crippen LogP contribution is 2.30. The molecule has 0 spiro atoms. The molecule has 0 aliphatic heterocycles. The summed E-state index contributed by atoms with van der Waals surface area (Å²) in [6.45, 7) is 2.37. The van der Waals surface area contributed by atoms with E-state index < -0.39 is 0 Å². The third kappa shape index (κ3) is 3.38. The molecule has 19 heavy (non-hydrogen) atoms. The van der Waals surface area contributed by atoms with E-state index in [2.05, 4.69) is 37.9 Å². The number of hydrogen-bond acceptors (Lipinski definition) is 5. The summed E-state index contributed by atoms with van der Waals surface area (Å²) in [5.74, 6) is 0.891. The van der Waals surface area contributed by atoms with Crippen LogP contribution in [-0.4, -0.2) is 16.6 Å². The van der Waals surface area contributed by atoms with Gasteiger partial charge in [0.15, 0.2) is 5.82 Å². The van der Waals surface area contributed by atoms with Gasteiger partial charge in [-0.15, -0.1) is 0 Å². The van der Waals surface area contributed by atoms with Crippen molar-refractivity contribution in [3.05, 3.63) is 33.1 Å². The highest BCUT2D eigenvalue weighted by Gasteiger charge is 2.10. The van der Waals surface area contributed by atoms with Gasteiger partial charge < -0.3 is 15.8 Å². The molecule has 0 fully saturated rings. The molecule has 0 aliphatic rings. The van der Waals surface area contributed by atoms with Gasteiger partial charge in [-0.3, -0.25) is 0 Å². The van der Waals surface area contributed by atoms with Gasteiger partial charge in [-0.1, -0.05) is 11.6 Å². The number of anilines is 3. The van der Waals surface area contributed by atoms with Gasteiger partial charge in [0.25, 0.3) is 0 Å². The van der Waals surface area contributed by atoms with Crippen LogP contribution in [0.25, 0.3) is 0 Å². The Kier molecular flexibility index (Phi) is 4.65. The van der Waals surface area contributed by atoms with Crippen molar-refractivity contribution >= 4 is 51.4 Å². The molecule has 0 unspecified atom stereocenters.